The quantitative estimate of drug-likeness (QED) is 0.0479. The molecule has 0 saturated heterocycles. The number of nitrogens with two attached hydrogens (primary N) is 2. The molecule has 0 radical (unpaired) electrons. The van der Waals surface area contributed by atoms with Crippen molar-refractivity contribution in [2.45, 2.75) is 32.2 Å². The summed E-state index contributed by atoms with van der Waals surface area (Å²) in [5, 5.41) is 39.0. The number of unbranched alkanes of at least 4 members (excludes halogenated alkanes) is 1. The van der Waals surface area contributed by atoms with Crippen LogP contribution >= 0.6 is 47.8 Å². The molecule has 0 aliphatic heterocycles. The summed E-state index contributed by atoms with van der Waals surface area (Å²) in [6, 6.07) is 16.6. The Kier molecular flexibility index (Phi) is 32.4. The number of nitrogens with zero attached hydrogens (tertiary/aromatic N) is 5. The van der Waals surface area contributed by atoms with Gasteiger partial charge < -0.3 is 37.0 Å². The van der Waals surface area contributed by atoms with Crippen LogP contribution in [0.1, 0.15) is 31.2 Å². The molecule has 0 bridgehead atoms. The predicted molar refractivity (Wildman–Crippen MR) is 191 cm³/mol. The molecule has 0 aliphatic carbocycles. The van der Waals surface area contributed by atoms with Gasteiger partial charge in [-0.15, -0.1) is 0 Å². The molecule has 0 atom stereocenters. The van der Waals surface area contributed by atoms with Gasteiger partial charge in [-0.1, -0.05) is 72.1 Å². The molecule has 47 heavy (non-hydrogen) atoms. The Morgan fingerprint density at radius 3 is 1.85 bits per heavy atom. The average Bonchev–Trinajstić information content (AvgIpc) is 3.38. The van der Waals surface area contributed by atoms with Crippen LogP contribution in [0.4, 0.5) is 11.5 Å². The Morgan fingerprint density at radius 1 is 0.957 bits per heavy atom. The zero-order chi connectivity index (χ0) is 34.0. The smallest absolute Gasteiger partial charge is 0.870 e. The van der Waals surface area contributed by atoms with Gasteiger partial charge >= 0.3 is 35.3 Å². The van der Waals surface area contributed by atoms with E-state index in [0.29, 0.717) is 54.6 Å². The Bertz CT molecular complexity index is 1400. The van der Waals surface area contributed by atoms with Crippen LogP contribution in [0.3, 0.4) is 0 Å². The summed E-state index contributed by atoms with van der Waals surface area (Å²) in [4.78, 5) is 6.57. The van der Waals surface area contributed by atoms with Gasteiger partial charge in [-0.25, -0.2) is 15.0 Å². The molecule has 0 amide bonds. The zero-order valence-corrected chi connectivity index (χ0v) is 33.2. The summed E-state index contributed by atoms with van der Waals surface area (Å²) < 4.78 is 8.52. The van der Waals surface area contributed by atoms with Crippen LogP contribution in [-0.4, -0.2) is 69.4 Å². The van der Waals surface area contributed by atoms with E-state index >= 15 is 0 Å². The number of methoxy groups -OCH3 is 1. The summed E-state index contributed by atoms with van der Waals surface area (Å²) in [6.07, 6.45) is 3.20. The van der Waals surface area contributed by atoms with Crippen molar-refractivity contribution >= 4 is 65.1 Å². The monoisotopic (exact) mass is 849 g/mol. The second kappa shape index (κ2) is 31.0. The van der Waals surface area contributed by atoms with Crippen molar-refractivity contribution in [3.05, 3.63) is 91.6 Å². The van der Waals surface area contributed by atoms with E-state index in [4.69, 9.17) is 49.9 Å². The van der Waals surface area contributed by atoms with Crippen molar-refractivity contribution in [3.63, 3.8) is 0 Å². The minimum Gasteiger partial charge on any atom is -0.870 e. The van der Waals surface area contributed by atoms with E-state index in [2.05, 4.69) is 62.6 Å². The molecule has 8 N–H and O–H groups in total. The summed E-state index contributed by atoms with van der Waals surface area (Å²) >= 11 is 9.82. The predicted octanol–water partition coefficient (Wildman–Crippen LogP) is 3.34. The molecule has 12 nitrogen and oxygen atoms in total. The van der Waals surface area contributed by atoms with Crippen LogP contribution in [0.5, 0.6) is 0 Å². The number of benzene rings is 2. The summed E-state index contributed by atoms with van der Waals surface area (Å²) in [7, 11) is 1.44. The first-order valence-electron chi connectivity index (χ1n) is 13.6. The molecule has 0 fully saturated rings. The number of hydrogen-bond donors (Lipinski definition) is 5. The van der Waals surface area contributed by atoms with Crippen LogP contribution in [0.25, 0.3) is 26.7 Å². The molecule has 3 aromatic rings. The van der Waals surface area contributed by atoms with Gasteiger partial charge in [-0.3, -0.25) is 4.68 Å². The first-order valence-corrected chi connectivity index (χ1v) is 16.3. The van der Waals surface area contributed by atoms with Crippen LogP contribution in [0, 0.1) is 24.5 Å². The van der Waals surface area contributed by atoms with Crippen molar-refractivity contribution < 1.29 is 55.1 Å². The normalized spacial score (nSPS) is 9.72. The maximum Gasteiger partial charge on any atom is 1.00 e. The number of aryl methyl sites for hydroxylation is 1. The molecule has 3 rings (SSSR count). The van der Waals surface area contributed by atoms with E-state index in [1.165, 1.54) is 7.11 Å². The number of halogens is 3. The molecular weight excluding hydrogens is 813 g/mol. The van der Waals surface area contributed by atoms with Crippen LogP contribution in [0.2, 0.25) is 0 Å². The van der Waals surface area contributed by atoms with Gasteiger partial charge in [0.15, 0.2) is 0 Å². The topological polar surface area (TPSA) is 202 Å². The third-order valence-electron chi connectivity index (χ3n) is 5.37. The van der Waals surface area contributed by atoms with Gasteiger partial charge in [-0.05, 0) is 62.1 Å². The van der Waals surface area contributed by atoms with Crippen molar-refractivity contribution in [1.29, 1.82) is 5.26 Å². The number of alkyl halides is 1. The zero-order valence-electron chi connectivity index (χ0n) is 26.4. The number of nitrogen functional groups attached to an aromatic ring is 1. The molecule has 250 valence electrons. The fourth-order valence-electron chi connectivity index (χ4n) is 3.16. The van der Waals surface area contributed by atoms with Crippen LogP contribution < -0.4 is 41.0 Å². The maximum atomic E-state index is 8.85. The molecular formula is C31H39Br3N7NaO5. The molecule has 0 unspecified atom stereocenters. The van der Waals surface area contributed by atoms with E-state index in [0.717, 1.165) is 39.1 Å². The third-order valence-corrected chi connectivity index (χ3v) is 6.99. The largest absolute Gasteiger partial charge is 1.00 e. The number of aliphatic hydroxyl groups excluding tert-OH is 3. The summed E-state index contributed by atoms with van der Waals surface area (Å²) in [6.45, 7) is 15.9. The molecule has 0 aliphatic rings. The van der Waals surface area contributed by atoms with Crippen molar-refractivity contribution in [2.75, 3.05) is 44.5 Å². The number of allylic oxidation sites excluding steroid dienone is 1. The van der Waals surface area contributed by atoms with Gasteiger partial charge in [0.25, 0.3) is 5.69 Å². The van der Waals surface area contributed by atoms with E-state index in [9.17, 15) is 0 Å². The second-order valence-corrected chi connectivity index (χ2v) is 11.2. The van der Waals surface area contributed by atoms with E-state index in [-0.39, 0.29) is 53.9 Å². The van der Waals surface area contributed by atoms with Gasteiger partial charge in [0.2, 0.25) is 0 Å². The van der Waals surface area contributed by atoms with Crippen molar-refractivity contribution in [1.82, 2.24) is 9.78 Å². The molecule has 0 spiro atoms. The number of ether oxygens (including phenoxy) is 1. The third kappa shape index (κ3) is 19.3. The molecule has 1 aromatic heterocycles. The number of aliphatic hydroxyl groups is 3. The SMILES string of the molecule is NCCCCO.OCCCBr.[C-]#[N+]/C(C#N)=C(/OC)c1ccc(Br)cc1.[C-]#[N+]c1c(-c2ccc(Br)cc2)nn(CCCO)c1N.[Na+].[OH-]. The van der Waals surface area contributed by atoms with Gasteiger partial charge in [0, 0.05) is 46.2 Å². The minimum absolute atomic E-state index is 0. The Hall–Kier alpha value is -2.30. The Balaban J connectivity index is -0.000000616. The second-order valence-electron chi connectivity index (χ2n) is 8.60. The fraction of sp³-hybridized carbons (Fsp3) is 0.355. The summed E-state index contributed by atoms with van der Waals surface area (Å²) in [5.74, 6) is 0.654. The van der Waals surface area contributed by atoms with E-state index in [1.807, 2.05) is 36.4 Å². The number of rotatable bonds is 11. The van der Waals surface area contributed by atoms with Crippen molar-refractivity contribution in [2.24, 2.45) is 5.73 Å². The number of nitriles is 1. The van der Waals surface area contributed by atoms with E-state index in [1.54, 1.807) is 22.9 Å². The van der Waals surface area contributed by atoms with Crippen LogP contribution in [0.15, 0.2) is 63.2 Å². The molecule has 2 aromatic carbocycles. The number of anilines is 1. The number of aromatic nitrogens is 2. The van der Waals surface area contributed by atoms with Gasteiger partial charge in [-0.2, -0.15) is 5.10 Å². The van der Waals surface area contributed by atoms with E-state index < -0.39 is 0 Å². The fourth-order valence-corrected chi connectivity index (χ4v) is 3.94. The average molecular weight is 852 g/mol. The maximum absolute atomic E-state index is 8.85. The molecule has 1 heterocycles. The Labute approximate surface area is 324 Å². The molecule has 0 saturated carbocycles. The standard InChI is InChI=1S/C13H13BrN4O.C11H7BrN2O.C4H11NO.C3H7BrO.Na.H2O/c1-16-12-11(9-3-5-10(14)6-4-9)17-18(13(12)15)7-2-8-19;1-14-10(7-13)11(15-2)8-3-5-9(12)6-4-8;5-3-1-2-4-6;4-2-1-3-5;;/h3-6,19H,2,7-8,15H2;3-6H,2H3;6H,1-5H2;5H,1-3H2;;1H2/q;;;;+1;/p-1/b;11-10+;;;;. The minimum atomic E-state index is -0.0418. The van der Waals surface area contributed by atoms with Crippen molar-refractivity contribution in [3.8, 4) is 17.3 Å². The summed E-state index contributed by atoms with van der Waals surface area (Å²) in [5.41, 5.74) is 13.5. The van der Waals surface area contributed by atoms with Gasteiger partial charge in [0.1, 0.15) is 17.3 Å². The van der Waals surface area contributed by atoms with Crippen LogP contribution in [-0.2, 0) is 11.3 Å². The van der Waals surface area contributed by atoms with Gasteiger partial charge in [0.05, 0.1) is 26.3 Å². The first-order chi connectivity index (χ1) is 21.7. The number of hydrogen-bond acceptors (Lipinski definition) is 9. The molecule has 16 heteroatoms. The first kappa shape index (κ1) is 49.1. The Morgan fingerprint density at radius 2 is 1.49 bits per heavy atom.